The highest BCUT2D eigenvalue weighted by Gasteiger charge is 2.27. The van der Waals surface area contributed by atoms with Gasteiger partial charge in [-0.2, -0.15) is 0 Å². The van der Waals surface area contributed by atoms with Crippen molar-refractivity contribution in [1.82, 2.24) is 15.2 Å². The average Bonchev–Trinajstić information content (AvgIpc) is 2.43. The molecule has 0 saturated carbocycles. The van der Waals surface area contributed by atoms with Gasteiger partial charge in [0.15, 0.2) is 0 Å². The molecule has 0 saturated heterocycles. The first kappa shape index (κ1) is 13.0. The number of nitrogens with zero attached hydrogens (tertiary/aromatic N) is 1. The van der Waals surface area contributed by atoms with Crippen LogP contribution in [0.15, 0.2) is 39.9 Å². The molecule has 0 amide bonds. The van der Waals surface area contributed by atoms with E-state index in [0.717, 1.165) is 5.56 Å². The summed E-state index contributed by atoms with van der Waals surface area (Å²) in [4.78, 5) is 24.5. The van der Waals surface area contributed by atoms with E-state index in [2.05, 4.69) is 20.5 Å². The molecule has 0 aliphatic heterocycles. The largest absolute Gasteiger partial charge is 0.394 e. The molecule has 1 aromatic heterocycles. The lowest BCUT2D eigenvalue weighted by atomic mass is 9.93. The van der Waals surface area contributed by atoms with Crippen LogP contribution in [0.5, 0.6) is 0 Å². The maximum atomic E-state index is 11.6. The second-order valence-corrected chi connectivity index (χ2v) is 4.34. The lowest BCUT2D eigenvalue weighted by molar-refractivity contribution is 0.223. The predicted molar refractivity (Wildman–Crippen MR) is 70.0 cm³/mol. The van der Waals surface area contributed by atoms with Gasteiger partial charge in [0.25, 0.3) is 5.56 Å². The van der Waals surface area contributed by atoms with Crippen LogP contribution < -0.4 is 16.6 Å². The van der Waals surface area contributed by atoms with Gasteiger partial charge in [-0.1, -0.05) is 30.3 Å². The first-order valence-electron chi connectivity index (χ1n) is 5.69. The van der Waals surface area contributed by atoms with Crippen molar-refractivity contribution >= 4 is 5.82 Å². The zero-order chi connectivity index (χ0) is 13.9. The molecular formula is C12H14N4O3. The van der Waals surface area contributed by atoms with E-state index in [9.17, 15) is 14.7 Å². The third kappa shape index (κ3) is 2.71. The van der Waals surface area contributed by atoms with Gasteiger partial charge in [0.2, 0.25) is 5.82 Å². The molecule has 0 aliphatic carbocycles. The summed E-state index contributed by atoms with van der Waals surface area (Å²) in [5.41, 5.74) is -1.40. The van der Waals surface area contributed by atoms with Crippen molar-refractivity contribution < 1.29 is 5.11 Å². The number of aliphatic hydroxyl groups is 1. The van der Waals surface area contributed by atoms with E-state index >= 15 is 0 Å². The molecule has 4 N–H and O–H groups in total. The molecule has 0 aliphatic rings. The second-order valence-electron chi connectivity index (χ2n) is 4.34. The minimum Gasteiger partial charge on any atom is -0.394 e. The van der Waals surface area contributed by atoms with E-state index in [-0.39, 0.29) is 12.4 Å². The van der Waals surface area contributed by atoms with Crippen LogP contribution in [0.1, 0.15) is 12.5 Å². The quantitative estimate of drug-likeness (QED) is 0.608. The molecule has 19 heavy (non-hydrogen) atoms. The summed E-state index contributed by atoms with van der Waals surface area (Å²) in [5, 5.41) is 18.2. The Morgan fingerprint density at radius 3 is 2.58 bits per heavy atom. The Balaban J connectivity index is 2.38. The fourth-order valence-electron chi connectivity index (χ4n) is 1.70. The van der Waals surface area contributed by atoms with Crippen LogP contribution in [0.3, 0.4) is 0 Å². The highest BCUT2D eigenvalue weighted by molar-refractivity contribution is 5.39. The second kappa shape index (κ2) is 5.07. The Labute approximate surface area is 108 Å². The molecule has 7 heteroatoms. The Morgan fingerprint density at radius 2 is 2.00 bits per heavy atom. The summed E-state index contributed by atoms with van der Waals surface area (Å²) < 4.78 is 0. The lowest BCUT2D eigenvalue weighted by Crippen LogP contribution is -2.39. The number of hydrogen-bond acceptors (Lipinski definition) is 5. The van der Waals surface area contributed by atoms with Crippen molar-refractivity contribution in [2.24, 2.45) is 0 Å². The number of aromatic nitrogens is 3. The summed E-state index contributed by atoms with van der Waals surface area (Å²) in [6, 6.07) is 9.16. The molecule has 7 nitrogen and oxygen atoms in total. The smallest absolute Gasteiger partial charge is 0.342 e. The normalized spacial score (nSPS) is 13.8. The molecule has 1 aromatic carbocycles. The maximum Gasteiger partial charge on any atom is 0.342 e. The molecule has 0 fully saturated rings. The van der Waals surface area contributed by atoms with Gasteiger partial charge in [0.1, 0.15) is 0 Å². The summed E-state index contributed by atoms with van der Waals surface area (Å²) in [6.07, 6.45) is 0. The first-order chi connectivity index (χ1) is 9.05. The van der Waals surface area contributed by atoms with E-state index in [1.54, 1.807) is 6.92 Å². The fourth-order valence-corrected chi connectivity index (χ4v) is 1.70. The van der Waals surface area contributed by atoms with Gasteiger partial charge in [-0.3, -0.25) is 9.78 Å². The Kier molecular flexibility index (Phi) is 3.48. The molecule has 100 valence electrons. The van der Waals surface area contributed by atoms with Gasteiger partial charge in [0, 0.05) is 0 Å². The number of anilines is 1. The minimum atomic E-state index is -0.875. The van der Waals surface area contributed by atoms with Gasteiger partial charge >= 0.3 is 5.69 Å². The molecule has 0 spiro atoms. The first-order valence-corrected chi connectivity index (χ1v) is 5.69. The molecular weight excluding hydrogens is 248 g/mol. The van der Waals surface area contributed by atoms with Crippen LogP contribution >= 0.6 is 0 Å². The van der Waals surface area contributed by atoms with Crippen LogP contribution in [0.4, 0.5) is 5.82 Å². The Hall–Kier alpha value is -2.41. The average molecular weight is 262 g/mol. The van der Waals surface area contributed by atoms with Crippen molar-refractivity contribution in [3.63, 3.8) is 0 Å². The van der Waals surface area contributed by atoms with Gasteiger partial charge in [-0.25, -0.2) is 9.89 Å². The number of hydrogen-bond donors (Lipinski definition) is 4. The van der Waals surface area contributed by atoms with Crippen molar-refractivity contribution in [1.29, 1.82) is 0 Å². The van der Waals surface area contributed by atoms with Gasteiger partial charge in [-0.05, 0) is 12.5 Å². The third-order valence-corrected chi connectivity index (χ3v) is 2.83. The number of rotatable bonds is 4. The van der Waals surface area contributed by atoms with Gasteiger partial charge < -0.3 is 10.4 Å². The van der Waals surface area contributed by atoms with E-state index in [4.69, 9.17) is 0 Å². The molecule has 1 atom stereocenters. The molecule has 2 rings (SSSR count). The molecule has 1 heterocycles. The highest BCUT2D eigenvalue weighted by atomic mass is 16.3. The van der Waals surface area contributed by atoms with Crippen molar-refractivity contribution in [2.75, 3.05) is 11.9 Å². The fraction of sp³-hybridized carbons (Fsp3) is 0.250. The molecule has 2 aromatic rings. The monoisotopic (exact) mass is 262 g/mol. The summed E-state index contributed by atoms with van der Waals surface area (Å²) in [7, 11) is 0. The van der Waals surface area contributed by atoms with Crippen LogP contribution in [0.2, 0.25) is 0 Å². The zero-order valence-electron chi connectivity index (χ0n) is 10.3. The lowest BCUT2D eigenvalue weighted by Gasteiger charge is -2.29. The molecule has 0 radical (unpaired) electrons. The number of H-pyrrole nitrogens is 2. The topological polar surface area (TPSA) is 111 Å². The van der Waals surface area contributed by atoms with Crippen LogP contribution in [-0.4, -0.2) is 26.9 Å². The van der Waals surface area contributed by atoms with Crippen LogP contribution in [0, 0.1) is 0 Å². The SMILES string of the molecule is CC(CO)(Nc1n[nH]c(=O)[nH]c1=O)c1ccccc1. The predicted octanol–water partition coefficient (Wildman–Crippen LogP) is -0.222. The standard InChI is InChI=1S/C12H14N4O3/c1-12(7-17,8-5-3-2-4-6-8)14-9-10(18)13-11(19)16-15-9/h2-6,17H,7H2,1H3,(H,14,15)(H2,13,16,18,19). The van der Waals surface area contributed by atoms with Crippen molar-refractivity contribution in [2.45, 2.75) is 12.5 Å². The molecule has 0 bridgehead atoms. The Bertz CT molecular complexity index is 664. The van der Waals surface area contributed by atoms with E-state index in [0.29, 0.717) is 0 Å². The highest BCUT2D eigenvalue weighted by Crippen LogP contribution is 2.22. The van der Waals surface area contributed by atoms with E-state index < -0.39 is 16.8 Å². The summed E-state index contributed by atoms with van der Waals surface area (Å²) in [5.74, 6) is -0.0556. The number of benzene rings is 1. The van der Waals surface area contributed by atoms with Gasteiger partial charge in [0.05, 0.1) is 12.1 Å². The van der Waals surface area contributed by atoms with Gasteiger partial charge in [-0.15, -0.1) is 5.10 Å². The number of nitrogens with one attached hydrogen (secondary N) is 3. The summed E-state index contributed by atoms with van der Waals surface area (Å²) >= 11 is 0. The third-order valence-electron chi connectivity index (χ3n) is 2.83. The molecule has 1 unspecified atom stereocenters. The number of aromatic amines is 2. The van der Waals surface area contributed by atoms with Crippen LogP contribution in [-0.2, 0) is 5.54 Å². The van der Waals surface area contributed by atoms with E-state index in [1.165, 1.54) is 0 Å². The number of aliphatic hydroxyl groups excluding tert-OH is 1. The maximum absolute atomic E-state index is 11.6. The van der Waals surface area contributed by atoms with Crippen LogP contribution in [0.25, 0.3) is 0 Å². The Morgan fingerprint density at radius 1 is 1.32 bits per heavy atom. The minimum absolute atomic E-state index is 0.0556. The zero-order valence-corrected chi connectivity index (χ0v) is 10.3. The van der Waals surface area contributed by atoms with E-state index in [1.807, 2.05) is 30.3 Å². The van der Waals surface area contributed by atoms with Crippen molar-refractivity contribution in [3.8, 4) is 0 Å². The van der Waals surface area contributed by atoms with Crippen molar-refractivity contribution in [3.05, 3.63) is 56.7 Å². The summed E-state index contributed by atoms with van der Waals surface area (Å²) in [6.45, 7) is 1.49.